The van der Waals surface area contributed by atoms with Crippen LogP contribution in [0.15, 0.2) is 36.4 Å². The monoisotopic (exact) mass is 366 g/mol. The van der Waals surface area contributed by atoms with E-state index in [9.17, 15) is 0 Å². The molecule has 3 aliphatic rings. The summed E-state index contributed by atoms with van der Waals surface area (Å²) in [4.78, 5) is 0. The van der Waals surface area contributed by atoms with Crippen LogP contribution in [0.4, 0.5) is 0 Å². The molecule has 2 heterocycles. The molecule has 2 aromatic carbocycles. The first-order valence-electron chi connectivity index (χ1n) is 10.1. The number of hydrogen-bond acceptors (Lipinski definition) is 4. The van der Waals surface area contributed by atoms with Crippen LogP contribution in [-0.4, -0.2) is 18.5 Å². The van der Waals surface area contributed by atoms with E-state index in [-0.39, 0.29) is 6.10 Å². The smallest absolute Gasteiger partial charge is 0.251 e. The first-order valence-corrected chi connectivity index (χ1v) is 10.1. The summed E-state index contributed by atoms with van der Waals surface area (Å²) in [6, 6.07) is 12.4. The lowest BCUT2D eigenvalue weighted by Gasteiger charge is -2.31. The molecule has 0 N–H and O–H groups in total. The highest BCUT2D eigenvalue weighted by atomic mass is 16.7. The van der Waals surface area contributed by atoms with E-state index in [0.717, 1.165) is 48.7 Å². The molecule has 1 atom stereocenters. The van der Waals surface area contributed by atoms with Gasteiger partial charge in [0.25, 0.3) is 5.79 Å². The topological polar surface area (TPSA) is 36.9 Å². The summed E-state index contributed by atoms with van der Waals surface area (Å²) in [7, 11) is 0. The second-order valence-corrected chi connectivity index (χ2v) is 8.00. The van der Waals surface area contributed by atoms with Crippen molar-refractivity contribution in [1.29, 1.82) is 0 Å². The molecule has 0 radical (unpaired) electrons. The molecule has 0 bridgehead atoms. The van der Waals surface area contributed by atoms with Crippen molar-refractivity contribution in [3.63, 3.8) is 0 Å². The lowest BCUT2D eigenvalue weighted by atomic mass is 9.94. The van der Waals surface area contributed by atoms with Crippen LogP contribution in [0.1, 0.15) is 49.7 Å². The van der Waals surface area contributed by atoms with Crippen molar-refractivity contribution in [3.8, 4) is 23.0 Å². The fourth-order valence-electron chi connectivity index (χ4n) is 4.28. The molecular weight excluding hydrogens is 340 g/mol. The molecule has 2 aromatic rings. The summed E-state index contributed by atoms with van der Waals surface area (Å²) in [5.74, 6) is 3.09. The van der Waals surface area contributed by atoms with E-state index in [2.05, 4.69) is 25.1 Å². The Morgan fingerprint density at radius 1 is 0.889 bits per heavy atom. The minimum Gasteiger partial charge on any atom is -0.486 e. The van der Waals surface area contributed by atoms with E-state index in [1.165, 1.54) is 30.4 Å². The van der Waals surface area contributed by atoms with Crippen molar-refractivity contribution in [2.45, 2.75) is 63.8 Å². The van der Waals surface area contributed by atoms with Gasteiger partial charge >= 0.3 is 0 Å². The average Bonchev–Trinajstić information content (AvgIpc) is 3.03. The van der Waals surface area contributed by atoms with Crippen molar-refractivity contribution < 1.29 is 18.9 Å². The maximum atomic E-state index is 6.25. The number of fused-ring (bicyclic) bond motifs is 2. The molecule has 27 heavy (non-hydrogen) atoms. The second kappa shape index (κ2) is 6.66. The van der Waals surface area contributed by atoms with Crippen molar-refractivity contribution in [3.05, 3.63) is 47.5 Å². The molecule has 142 valence electrons. The zero-order valence-corrected chi connectivity index (χ0v) is 15.8. The van der Waals surface area contributed by atoms with E-state index < -0.39 is 5.79 Å². The molecule has 1 aliphatic carbocycles. The van der Waals surface area contributed by atoms with Crippen LogP contribution in [0.5, 0.6) is 23.0 Å². The number of aryl methyl sites for hydroxylation is 2. The van der Waals surface area contributed by atoms with Gasteiger partial charge in [0.05, 0.1) is 0 Å². The van der Waals surface area contributed by atoms with Gasteiger partial charge in [-0.1, -0.05) is 18.6 Å². The first-order chi connectivity index (χ1) is 13.2. The lowest BCUT2D eigenvalue weighted by molar-refractivity contribution is -0.105. The van der Waals surface area contributed by atoms with Gasteiger partial charge in [0, 0.05) is 12.8 Å². The molecule has 4 heteroatoms. The van der Waals surface area contributed by atoms with Gasteiger partial charge in [0.2, 0.25) is 0 Å². The van der Waals surface area contributed by atoms with Crippen LogP contribution in [0.2, 0.25) is 0 Å². The molecule has 1 unspecified atom stereocenters. The van der Waals surface area contributed by atoms with Gasteiger partial charge in [-0.2, -0.15) is 0 Å². The molecule has 2 aliphatic heterocycles. The zero-order chi connectivity index (χ0) is 18.3. The number of hydrogen-bond donors (Lipinski definition) is 0. The Hall–Kier alpha value is -2.36. The standard InChI is InChI=1S/C23H26O4/c1-16-5-9-19-21(13-16)25-18(15-24-19)8-6-17-7-10-20-22(14-17)27-23(26-20)11-3-2-4-12-23/h5,7,9-10,13-14,18H,2-4,6,8,11-12,15H2,1H3. The fraction of sp³-hybridized carbons (Fsp3) is 0.478. The second-order valence-electron chi connectivity index (χ2n) is 8.00. The van der Waals surface area contributed by atoms with Gasteiger partial charge in [-0.05, 0) is 68.0 Å². The molecule has 5 rings (SSSR count). The molecule has 0 amide bonds. The van der Waals surface area contributed by atoms with Crippen molar-refractivity contribution in [1.82, 2.24) is 0 Å². The maximum absolute atomic E-state index is 6.25. The van der Waals surface area contributed by atoms with E-state index in [1.54, 1.807) is 0 Å². The maximum Gasteiger partial charge on any atom is 0.251 e. The van der Waals surface area contributed by atoms with Crippen LogP contribution < -0.4 is 18.9 Å². The minimum atomic E-state index is -0.402. The Bertz CT molecular complexity index is 838. The van der Waals surface area contributed by atoms with Gasteiger partial charge in [-0.15, -0.1) is 0 Å². The predicted octanol–water partition coefficient (Wildman–Crippen LogP) is 5.20. The van der Waals surface area contributed by atoms with Crippen LogP contribution in [-0.2, 0) is 6.42 Å². The summed E-state index contributed by atoms with van der Waals surface area (Å²) < 4.78 is 24.4. The third-order valence-electron chi connectivity index (χ3n) is 5.79. The highest BCUT2D eigenvalue weighted by Gasteiger charge is 2.42. The van der Waals surface area contributed by atoms with Gasteiger partial charge in [-0.3, -0.25) is 0 Å². The highest BCUT2D eigenvalue weighted by molar-refractivity contribution is 5.46. The van der Waals surface area contributed by atoms with Crippen LogP contribution in [0.3, 0.4) is 0 Å². The van der Waals surface area contributed by atoms with Crippen molar-refractivity contribution in [2.75, 3.05) is 6.61 Å². The molecule has 1 spiro atoms. The van der Waals surface area contributed by atoms with Crippen LogP contribution >= 0.6 is 0 Å². The molecule has 0 aromatic heterocycles. The summed E-state index contributed by atoms with van der Waals surface area (Å²) in [5, 5.41) is 0. The Balaban J connectivity index is 1.23. The van der Waals surface area contributed by atoms with Crippen molar-refractivity contribution >= 4 is 0 Å². The third-order valence-corrected chi connectivity index (χ3v) is 5.79. The molecule has 4 nitrogen and oxygen atoms in total. The summed E-state index contributed by atoms with van der Waals surface area (Å²) in [6.45, 7) is 2.67. The molecule has 1 fully saturated rings. The Morgan fingerprint density at radius 2 is 1.70 bits per heavy atom. The first kappa shape index (κ1) is 16.8. The molecular formula is C23H26O4. The summed E-state index contributed by atoms with van der Waals surface area (Å²) >= 11 is 0. The number of rotatable bonds is 3. The predicted molar refractivity (Wildman–Crippen MR) is 103 cm³/mol. The summed E-state index contributed by atoms with van der Waals surface area (Å²) in [6.07, 6.45) is 7.54. The Labute approximate surface area is 160 Å². The zero-order valence-electron chi connectivity index (χ0n) is 15.8. The van der Waals surface area contributed by atoms with E-state index in [0.29, 0.717) is 6.61 Å². The Kier molecular flexibility index (Phi) is 4.14. The largest absolute Gasteiger partial charge is 0.486 e. The average molecular weight is 366 g/mol. The number of ether oxygens (including phenoxy) is 4. The molecule has 0 saturated heterocycles. The Morgan fingerprint density at radius 3 is 2.59 bits per heavy atom. The third kappa shape index (κ3) is 3.33. The van der Waals surface area contributed by atoms with Gasteiger partial charge in [0.15, 0.2) is 23.0 Å². The van der Waals surface area contributed by atoms with Gasteiger partial charge < -0.3 is 18.9 Å². The highest BCUT2D eigenvalue weighted by Crippen LogP contribution is 2.46. The van der Waals surface area contributed by atoms with E-state index >= 15 is 0 Å². The minimum absolute atomic E-state index is 0.0782. The number of benzene rings is 2. The van der Waals surface area contributed by atoms with Crippen molar-refractivity contribution in [2.24, 2.45) is 0 Å². The van der Waals surface area contributed by atoms with Crippen LogP contribution in [0, 0.1) is 6.92 Å². The van der Waals surface area contributed by atoms with E-state index in [1.807, 2.05) is 18.2 Å². The fourth-order valence-corrected chi connectivity index (χ4v) is 4.28. The van der Waals surface area contributed by atoms with Gasteiger partial charge in [-0.25, -0.2) is 0 Å². The lowest BCUT2D eigenvalue weighted by Crippen LogP contribution is -2.40. The SMILES string of the molecule is Cc1ccc2c(c1)OC(CCc1ccc3c(c1)OC1(CCCCC1)O3)CO2. The van der Waals surface area contributed by atoms with Gasteiger partial charge in [0.1, 0.15) is 12.7 Å². The van der Waals surface area contributed by atoms with E-state index in [4.69, 9.17) is 18.9 Å². The normalized spacial score (nSPS) is 22.0. The summed E-state index contributed by atoms with van der Waals surface area (Å²) in [5.41, 5.74) is 2.44. The molecule has 1 saturated carbocycles. The van der Waals surface area contributed by atoms with Crippen LogP contribution in [0.25, 0.3) is 0 Å². The quantitative estimate of drug-likeness (QED) is 0.748.